The van der Waals surface area contributed by atoms with E-state index in [1.807, 2.05) is 30.3 Å². The fraction of sp³-hybridized carbons (Fsp3) is 0.0500. The van der Waals surface area contributed by atoms with Crippen LogP contribution in [0, 0.1) is 0 Å². The van der Waals surface area contributed by atoms with Gasteiger partial charge in [0.05, 0.1) is 11.1 Å². The summed E-state index contributed by atoms with van der Waals surface area (Å²) in [6, 6.07) is 9.37. The molecule has 0 aliphatic carbocycles. The van der Waals surface area contributed by atoms with Crippen LogP contribution >= 0.6 is 0 Å². The van der Waals surface area contributed by atoms with Gasteiger partial charge in [-0.2, -0.15) is 0 Å². The molecule has 0 amide bonds. The quantitative estimate of drug-likeness (QED) is 0.839. The SMILES string of the molecule is C=Cc1occ(-c2ccccc2)c(=O)c1/C=C/C=C1/OCOC1=C. The number of ether oxygens (including phenoxy) is 2. The zero-order valence-electron chi connectivity index (χ0n) is 13.0. The standard InChI is InChI=1S/C20H16O4/c1-3-18-16(10-7-11-19-14(2)23-13-24-19)20(21)17(12-22-18)15-8-5-4-6-9-15/h3-12H,1-2,13H2/b10-7+,19-11+. The van der Waals surface area contributed by atoms with E-state index in [1.165, 1.54) is 12.3 Å². The molecular formula is C20H16O4. The molecule has 0 saturated carbocycles. The Hall–Kier alpha value is -3.27. The maximum atomic E-state index is 12.8. The molecule has 0 N–H and O–H groups in total. The average molecular weight is 320 g/mol. The number of benzene rings is 1. The van der Waals surface area contributed by atoms with Crippen LogP contribution in [0.2, 0.25) is 0 Å². The van der Waals surface area contributed by atoms with Crippen molar-refractivity contribution in [2.45, 2.75) is 0 Å². The van der Waals surface area contributed by atoms with Crippen LogP contribution in [-0.2, 0) is 9.47 Å². The van der Waals surface area contributed by atoms with E-state index in [4.69, 9.17) is 13.9 Å². The van der Waals surface area contributed by atoms with E-state index in [1.54, 1.807) is 18.2 Å². The van der Waals surface area contributed by atoms with Crippen LogP contribution in [0.25, 0.3) is 23.3 Å². The van der Waals surface area contributed by atoms with Crippen molar-refractivity contribution in [3.63, 3.8) is 0 Å². The smallest absolute Gasteiger partial charge is 0.231 e. The summed E-state index contributed by atoms with van der Waals surface area (Å²) in [6.07, 6.45) is 8.02. The molecule has 2 heterocycles. The maximum Gasteiger partial charge on any atom is 0.231 e. The summed E-state index contributed by atoms with van der Waals surface area (Å²) in [4.78, 5) is 12.8. The van der Waals surface area contributed by atoms with Gasteiger partial charge in [0.2, 0.25) is 6.79 Å². The molecule has 1 aromatic heterocycles. The monoisotopic (exact) mass is 320 g/mol. The highest BCUT2D eigenvalue weighted by Crippen LogP contribution is 2.21. The molecule has 2 aromatic rings. The Morgan fingerprint density at radius 2 is 1.92 bits per heavy atom. The normalized spacial score (nSPS) is 15.5. The summed E-state index contributed by atoms with van der Waals surface area (Å²) in [7, 11) is 0. The van der Waals surface area contributed by atoms with E-state index < -0.39 is 0 Å². The summed E-state index contributed by atoms with van der Waals surface area (Å²) >= 11 is 0. The van der Waals surface area contributed by atoms with E-state index in [0.717, 1.165) is 5.56 Å². The molecule has 1 aromatic carbocycles. The third-order valence-corrected chi connectivity index (χ3v) is 3.56. The molecule has 4 heteroatoms. The van der Waals surface area contributed by atoms with Crippen molar-refractivity contribution in [1.29, 1.82) is 0 Å². The first-order chi connectivity index (χ1) is 11.7. The van der Waals surface area contributed by atoms with Crippen molar-refractivity contribution in [2.75, 3.05) is 6.79 Å². The fourth-order valence-corrected chi connectivity index (χ4v) is 2.32. The largest absolute Gasteiger partial charge is 0.463 e. The van der Waals surface area contributed by atoms with Gasteiger partial charge < -0.3 is 13.9 Å². The van der Waals surface area contributed by atoms with Gasteiger partial charge in [-0.25, -0.2) is 0 Å². The van der Waals surface area contributed by atoms with Gasteiger partial charge in [0.1, 0.15) is 12.0 Å². The molecule has 1 saturated heterocycles. The minimum Gasteiger partial charge on any atom is -0.463 e. The molecule has 0 spiro atoms. The number of hydrogen-bond acceptors (Lipinski definition) is 4. The summed E-state index contributed by atoms with van der Waals surface area (Å²) in [5.74, 6) is 1.42. The van der Waals surface area contributed by atoms with Crippen molar-refractivity contribution < 1.29 is 13.9 Å². The van der Waals surface area contributed by atoms with Gasteiger partial charge in [-0.3, -0.25) is 4.79 Å². The van der Waals surface area contributed by atoms with Crippen LogP contribution in [0.5, 0.6) is 0 Å². The van der Waals surface area contributed by atoms with Gasteiger partial charge in [-0.05, 0) is 23.8 Å². The molecule has 0 unspecified atom stereocenters. The van der Waals surface area contributed by atoms with E-state index in [0.29, 0.717) is 28.4 Å². The third-order valence-electron chi connectivity index (χ3n) is 3.56. The summed E-state index contributed by atoms with van der Waals surface area (Å²) < 4.78 is 15.9. The summed E-state index contributed by atoms with van der Waals surface area (Å²) in [5, 5.41) is 0. The van der Waals surface area contributed by atoms with E-state index in [9.17, 15) is 4.79 Å². The molecule has 4 nitrogen and oxygen atoms in total. The van der Waals surface area contributed by atoms with Gasteiger partial charge in [0.15, 0.2) is 16.9 Å². The number of hydrogen-bond donors (Lipinski definition) is 0. The average Bonchev–Trinajstić information content (AvgIpc) is 3.02. The van der Waals surface area contributed by atoms with Crippen molar-refractivity contribution in [3.05, 3.63) is 95.0 Å². The molecular weight excluding hydrogens is 304 g/mol. The lowest BCUT2D eigenvalue weighted by Crippen LogP contribution is -2.09. The number of rotatable bonds is 4. The second kappa shape index (κ2) is 6.87. The Kier molecular flexibility index (Phi) is 4.47. The van der Waals surface area contributed by atoms with Gasteiger partial charge in [0, 0.05) is 0 Å². The molecule has 24 heavy (non-hydrogen) atoms. The summed E-state index contributed by atoms with van der Waals surface area (Å²) in [6.45, 7) is 7.57. The van der Waals surface area contributed by atoms with Gasteiger partial charge in [-0.15, -0.1) is 0 Å². The maximum absolute atomic E-state index is 12.8. The Morgan fingerprint density at radius 3 is 2.58 bits per heavy atom. The van der Waals surface area contributed by atoms with Crippen molar-refractivity contribution >= 4 is 12.2 Å². The first-order valence-electron chi connectivity index (χ1n) is 7.37. The van der Waals surface area contributed by atoms with Gasteiger partial charge in [0.25, 0.3) is 0 Å². The molecule has 1 aliphatic rings. The number of allylic oxidation sites excluding steroid dienone is 2. The Balaban J connectivity index is 2.01. The lowest BCUT2D eigenvalue weighted by molar-refractivity contribution is 0.0980. The van der Waals surface area contributed by atoms with E-state index in [2.05, 4.69) is 13.2 Å². The predicted octanol–water partition coefficient (Wildman–Crippen LogP) is 4.36. The topological polar surface area (TPSA) is 48.7 Å². The van der Waals surface area contributed by atoms with E-state index >= 15 is 0 Å². The Bertz CT molecular complexity index is 886. The van der Waals surface area contributed by atoms with Crippen molar-refractivity contribution in [2.24, 2.45) is 0 Å². The minimum absolute atomic E-state index is 0.126. The predicted molar refractivity (Wildman–Crippen MR) is 93.8 cm³/mol. The summed E-state index contributed by atoms with van der Waals surface area (Å²) in [5.41, 5.74) is 1.60. The van der Waals surface area contributed by atoms with Gasteiger partial charge in [-0.1, -0.05) is 49.6 Å². The van der Waals surface area contributed by atoms with Crippen LogP contribution in [0.4, 0.5) is 0 Å². The lowest BCUT2D eigenvalue weighted by Gasteiger charge is -2.04. The second-order valence-corrected chi connectivity index (χ2v) is 5.05. The lowest BCUT2D eigenvalue weighted by atomic mass is 10.0. The van der Waals surface area contributed by atoms with Crippen LogP contribution in [-0.4, -0.2) is 6.79 Å². The second-order valence-electron chi connectivity index (χ2n) is 5.05. The van der Waals surface area contributed by atoms with Gasteiger partial charge >= 0.3 is 0 Å². The fourth-order valence-electron chi connectivity index (χ4n) is 2.32. The Labute approximate surface area is 139 Å². The van der Waals surface area contributed by atoms with Crippen LogP contribution in [0.15, 0.2) is 82.6 Å². The first-order valence-corrected chi connectivity index (χ1v) is 7.37. The molecule has 120 valence electrons. The third kappa shape index (κ3) is 3.08. The molecule has 0 atom stereocenters. The highest BCUT2D eigenvalue weighted by atomic mass is 16.7. The Morgan fingerprint density at radius 1 is 1.12 bits per heavy atom. The van der Waals surface area contributed by atoms with Crippen molar-refractivity contribution in [3.8, 4) is 11.1 Å². The molecule has 0 radical (unpaired) electrons. The molecule has 1 fully saturated rings. The van der Waals surface area contributed by atoms with Crippen LogP contribution in [0.1, 0.15) is 11.3 Å². The van der Waals surface area contributed by atoms with Crippen LogP contribution in [0.3, 0.4) is 0 Å². The molecule has 0 bridgehead atoms. The first kappa shape index (κ1) is 15.6. The molecule has 3 rings (SSSR count). The van der Waals surface area contributed by atoms with Crippen molar-refractivity contribution in [1.82, 2.24) is 0 Å². The molecule has 1 aliphatic heterocycles. The van der Waals surface area contributed by atoms with Crippen LogP contribution < -0.4 is 5.43 Å². The highest BCUT2D eigenvalue weighted by Gasteiger charge is 2.13. The van der Waals surface area contributed by atoms with E-state index in [-0.39, 0.29) is 12.2 Å². The zero-order valence-corrected chi connectivity index (χ0v) is 13.0. The minimum atomic E-state index is -0.126. The zero-order chi connectivity index (χ0) is 16.9. The highest BCUT2D eigenvalue weighted by molar-refractivity contribution is 5.69.